The van der Waals surface area contributed by atoms with E-state index in [9.17, 15) is 18.0 Å². The third-order valence-corrected chi connectivity index (χ3v) is 2.45. The smallest absolute Gasteiger partial charge is 0.372 e. The second-order valence-electron chi connectivity index (χ2n) is 4.11. The summed E-state index contributed by atoms with van der Waals surface area (Å²) in [5.74, 6) is -0.152. The molecule has 1 saturated heterocycles. The number of piperazine rings is 1. The van der Waals surface area contributed by atoms with Gasteiger partial charge < -0.3 is 15.0 Å². The van der Waals surface area contributed by atoms with Crippen molar-refractivity contribution in [1.29, 1.82) is 0 Å². The Bertz CT molecular complexity index is 258. The van der Waals surface area contributed by atoms with Crippen LogP contribution in [0.2, 0.25) is 0 Å². The third-order valence-electron chi connectivity index (χ3n) is 2.45. The largest absolute Gasteiger partial charge is 0.411 e. The molecule has 1 aliphatic rings. The topological polar surface area (TPSA) is 41.6 Å². The molecule has 7 heteroatoms. The van der Waals surface area contributed by atoms with Gasteiger partial charge in [0.25, 0.3) is 0 Å². The van der Waals surface area contributed by atoms with E-state index in [0.29, 0.717) is 13.1 Å². The highest BCUT2D eigenvalue weighted by Crippen LogP contribution is 2.14. The van der Waals surface area contributed by atoms with Crippen molar-refractivity contribution < 1.29 is 22.7 Å². The van der Waals surface area contributed by atoms with Gasteiger partial charge in [-0.1, -0.05) is 0 Å². The highest BCUT2D eigenvalue weighted by atomic mass is 19.4. The van der Waals surface area contributed by atoms with Gasteiger partial charge in [-0.05, 0) is 6.92 Å². The molecule has 17 heavy (non-hydrogen) atoms. The molecular weight excluding hydrogens is 237 g/mol. The lowest BCUT2D eigenvalue weighted by molar-refractivity contribution is -0.175. The number of carbonyl (C=O) groups excluding carboxylic acids is 1. The summed E-state index contributed by atoms with van der Waals surface area (Å²) in [7, 11) is 0. The van der Waals surface area contributed by atoms with Crippen LogP contribution >= 0.6 is 0 Å². The number of nitrogens with zero attached hydrogens (tertiary/aromatic N) is 1. The Labute approximate surface area is 98.1 Å². The lowest BCUT2D eigenvalue weighted by Gasteiger charge is -2.31. The number of amides is 1. The van der Waals surface area contributed by atoms with Crippen LogP contribution in [0.4, 0.5) is 13.2 Å². The van der Waals surface area contributed by atoms with Crippen LogP contribution < -0.4 is 5.32 Å². The molecule has 0 aromatic carbocycles. The summed E-state index contributed by atoms with van der Waals surface area (Å²) in [6.07, 6.45) is -4.32. The van der Waals surface area contributed by atoms with E-state index >= 15 is 0 Å². The average Bonchev–Trinajstić information content (AvgIpc) is 2.23. The van der Waals surface area contributed by atoms with Crippen molar-refractivity contribution in [2.24, 2.45) is 0 Å². The molecule has 1 N–H and O–H groups in total. The molecule has 1 rings (SSSR count). The summed E-state index contributed by atoms with van der Waals surface area (Å²) in [6.45, 7) is 2.39. The number of hydrogen-bond acceptors (Lipinski definition) is 3. The second-order valence-corrected chi connectivity index (χ2v) is 4.11. The molecule has 1 heterocycles. The first kappa shape index (κ1) is 14.2. The monoisotopic (exact) mass is 254 g/mol. The fourth-order valence-electron chi connectivity index (χ4n) is 1.66. The van der Waals surface area contributed by atoms with Crippen molar-refractivity contribution in [1.82, 2.24) is 10.2 Å². The Morgan fingerprint density at radius 3 is 2.82 bits per heavy atom. The molecule has 1 amide bonds. The van der Waals surface area contributed by atoms with E-state index in [1.807, 2.05) is 6.92 Å². The van der Waals surface area contributed by atoms with Crippen molar-refractivity contribution in [2.75, 3.05) is 32.8 Å². The normalized spacial score (nSPS) is 21.6. The maximum atomic E-state index is 11.8. The van der Waals surface area contributed by atoms with E-state index in [2.05, 4.69) is 10.1 Å². The zero-order valence-corrected chi connectivity index (χ0v) is 9.72. The summed E-state index contributed by atoms with van der Waals surface area (Å²) in [5, 5.41) is 3.18. The molecule has 0 saturated carbocycles. The predicted octanol–water partition coefficient (Wildman–Crippen LogP) is 0.776. The maximum Gasteiger partial charge on any atom is 0.411 e. The summed E-state index contributed by atoms with van der Waals surface area (Å²) in [5.41, 5.74) is 0. The molecule has 1 aliphatic heterocycles. The minimum Gasteiger partial charge on any atom is -0.372 e. The van der Waals surface area contributed by atoms with E-state index < -0.39 is 12.8 Å². The van der Waals surface area contributed by atoms with Crippen LogP contribution in [0, 0.1) is 0 Å². The van der Waals surface area contributed by atoms with Gasteiger partial charge in [0.15, 0.2) is 0 Å². The molecule has 1 fully saturated rings. The van der Waals surface area contributed by atoms with Crippen molar-refractivity contribution >= 4 is 5.91 Å². The minimum absolute atomic E-state index is 0.00278. The molecule has 0 aliphatic carbocycles. The Hall–Kier alpha value is -0.820. The fourth-order valence-corrected chi connectivity index (χ4v) is 1.66. The number of carbonyl (C=O) groups is 1. The predicted molar refractivity (Wildman–Crippen MR) is 55.5 cm³/mol. The maximum absolute atomic E-state index is 11.8. The standard InChI is InChI=1S/C10H17F3N2O2/c1-8-6-15(4-3-14-8)9(16)2-5-17-7-10(11,12)13/h8,14H,2-7H2,1H3. The Morgan fingerprint density at radius 1 is 1.53 bits per heavy atom. The highest BCUT2D eigenvalue weighted by molar-refractivity contribution is 5.76. The SMILES string of the molecule is CC1CN(C(=O)CCOCC(F)(F)F)CCN1. The summed E-state index contributed by atoms with van der Waals surface area (Å²) in [4.78, 5) is 13.3. The molecule has 0 aromatic rings. The Morgan fingerprint density at radius 2 is 2.24 bits per heavy atom. The molecular formula is C10H17F3N2O2. The van der Waals surface area contributed by atoms with Crippen LogP contribution in [-0.2, 0) is 9.53 Å². The number of rotatable bonds is 4. The summed E-state index contributed by atoms with van der Waals surface area (Å²) >= 11 is 0. The van der Waals surface area contributed by atoms with Crippen molar-refractivity contribution in [2.45, 2.75) is 25.6 Å². The van der Waals surface area contributed by atoms with Gasteiger partial charge in [0.2, 0.25) is 5.91 Å². The highest BCUT2D eigenvalue weighted by Gasteiger charge is 2.27. The van der Waals surface area contributed by atoms with Crippen molar-refractivity contribution in [3.8, 4) is 0 Å². The van der Waals surface area contributed by atoms with Crippen LogP contribution in [0.1, 0.15) is 13.3 Å². The number of halogens is 3. The van der Waals surface area contributed by atoms with Crippen LogP contribution in [0.25, 0.3) is 0 Å². The minimum atomic E-state index is -4.33. The summed E-state index contributed by atoms with van der Waals surface area (Å²) in [6, 6.07) is 0.226. The molecule has 0 aromatic heterocycles. The first-order chi connectivity index (χ1) is 7.88. The van der Waals surface area contributed by atoms with Crippen LogP contribution in [0.15, 0.2) is 0 Å². The van der Waals surface area contributed by atoms with E-state index in [4.69, 9.17) is 0 Å². The third kappa shape index (κ3) is 5.88. The lowest BCUT2D eigenvalue weighted by Crippen LogP contribution is -2.51. The second kappa shape index (κ2) is 6.20. The number of ether oxygens (including phenoxy) is 1. The number of nitrogens with one attached hydrogen (secondary N) is 1. The van der Waals surface area contributed by atoms with Gasteiger partial charge in [0.05, 0.1) is 13.0 Å². The molecule has 0 spiro atoms. The van der Waals surface area contributed by atoms with E-state index in [1.165, 1.54) is 0 Å². The van der Waals surface area contributed by atoms with Gasteiger partial charge in [-0.2, -0.15) is 13.2 Å². The van der Waals surface area contributed by atoms with E-state index in [0.717, 1.165) is 6.54 Å². The molecule has 0 radical (unpaired) electrons. The van der Waals surface area contributed by atoms with Crippen molar-refractivity contribution in [3.63, 3.8) is 0 Å². The lowest BCUT2D eigenvalue weighted by atomic mass is 10.2. The zero-order valence-electron chi connectivity index (χ0n) is 9.72. The van der Waals surface area contributed by atoms with Crippen LogP contribution in [0.5, 0.6) is 0 Å². The van der Waals surface area contributed by atoms with Gasteiger partial charge >= 0.3 is 6.18 Å². The fraction of sp³-hybridized carbons (Fsp3) is 0.900. The van der Waals surface area contributed by atoms with E-state index in [-0.39, 0.29) is 25.0 Å². The first-order valence-corrected chi connectivity index (χ1v) is 5.54. The number of alkyl halides is 3. The Kier molecular flexibility index (Phi) is 5.20. The number of hydrogen-bond donors (Lipinski definition) is 1. The molecule has 0 bridgehead atoms. The van der Waals surface area contributed by atoms with Crippen molar-refractivity contribution in [3.05, 3.63) is 0 Å². The van der Waals surface area contributed by atoms with Gasteiger partial charge in [0, 0.05) is 25.7 Å². The average molecular weight is 254 g/mol. The summed E-state index contributed by atoms with van der Waals surface area (Å²) < 4.78 is 39.7. The van der Waals surface area contributed by atoms with Crippen LogP contribution in [-0.4, -0.2) is 55.9 Å². The first-order valence-electron chi connectivity index (χ1n) is 5.54. The molecule has 100 valence electrons. The molecule has 1 unspecified atom stereocenters. The Balaban J connectivity index is 2.16. The quantitative estimate of drug-likeness (QED) is 0.754. The molecule has 1 atom stereocenters. The van der Waals surface area contributed by atoms with Crippen LogP contribution in [0.3, 0.4) is 0 Å². The van der Waals surface area contributed by atoms with Gasteiger partial charge in [-0.15, -0.1) is 0 Å². The van der Waals surface area contributed by atoms with Gasteiger partial charge in [-0.3, -0.25) is 4.79 Å². The van der Waals surface area contributed by atoms with Gasteiger partial charge in [-0.25, -0.2) is 0 Å². The molecule has 4 nitrogen and oxygen atoms in total. The van der Waals surface area contributed by atoms with Gasteiger partial charge in [0.1, 0.15) is 6.61 Å². The van der Waals surface area contributed by atoms with E-state index in [1.54, 1.807) is 4.90 Å². The zero-order chi connectivity index (χ0) is 12.9.